The predicted octanol–water partition coefficient (Wildman–Crippen LogP) is 4.85. The van der Waals surface area contributed by atoms with Gasteiger partial charge in [-0.1, -0.05) is 58.5 Å². The smallest absolute Gasteiger partial charge is 0.332 e. The molecular weight excluding hydrogens is 550 g/mol. The Bertz CT molecular complexity index is 1530. The molecule has 0 saturated heterocycles. The van der Waals surface area contributed by atoms with Crippen molar-refractivity contribution in [2.45, 2.75) is 25.9 Å². The van der Waals surface area contributed by atoms with Crippen molar-refractivity contribution < 1.29 is 9.47 Å². The van der Waals surface area contributed by atoms with Crippen LogP contribution in [0.5, 0.6) is 0 Å². The molecule has 36 heavy (non-hydrogen) atoms. The Labute approximate surface area is 226 Å². The van der Waals surface area contributed by atoms with Gasteiger partial charge in [0.1, 0.15) is 0 Å². The molecule has 0 fully saturated rings. The third kappa shape index (κ3) is 5.80. The van der Waals surface area contributed by atoms with E-state index < -0.39 is 17.4 Å². The number of hydrogen-bond donors (Lipinski definition) is 0. The molecule has 0 aliphatic heterocycles. The molecule has 2 aromatic carbocycles. The number of aromatic nitrogens is 4. The molecule has 0 bridgehead atoms. The van der Waals surface area contributed by atoms with Crippen LogP contribution in [0, 0.1) is 0 Å². The van der Waals surface area contributed by atoms with Gasteiger partial charge in [0.15, 0.2) is 11.2 Å². The van der Waals surface area contributed by atoms with E-state index in [1.165, 1.54) is 17.9 Å². The second kappa shape index (κ2) is 11.4. The fourth-order valence-electron chi connectivity index (χ4n) is 3.69. The third-order valence-corrected chi connectivity index (χ3v) is 7.12. The molecule has 0 amide bonds. The molecule has 12 heteroatoms. The molecule has 0 N–H and O–H groups in total. The van der Waals surface area contributed by atoms with Gasteiger partial charge < -0.3 is 14.0 Å². The van der Waals surface area contributed by atoms with Crippen molar-refractivity contribution >= 4 is 57.6 Å². The molecule has 0 aliphatic rings. The van der Waals surface area contributed by atoms with Crippen LogP contribution in [0.3, 0.4) is 0 Å². The van der Waals surface area contributed by atoms with Crippen LogP contribution in [-0.4, -0.2) is 31.4 Å². The van der Waals surface area contributed by atoms with Crippen molar-refractivity contribution in [3.63, 3.8) is 0 Å². The van der Waals surface area contributed by atoms with Gasteiger partial charge in [-0.3, -0.25) is 13.9 Å². The second-order valence-corrected chi connectivity index (χ2v) is 9.85. The maximum atomic E-state index is 12.8. The van der Waals surface area contributed by atoms with Crippen molar-refractivity contribution in [2.75, 3.05) is 6.61 Å². The Hall–Kier alpha value is -2.33. The highest BCUT2D eigenvalue weighted by molar-refractivity contribution is 6.42. The zero-order valence-corrected chi connectivity index (χ0v) is 22.4. The normalized spacial score (nSPS) is 12.4. The summed E-state index contributed by atoms with van der Waals surface area (Å²) in [6.07, 6.45) is 1.04. The van der Waals surface area contributed by atoms with Crippen molar-refractivity contribution in [1.29, 1.82) is 0 Å². The molecule has 2 heterocycles. The van der Waals surface area contributed by atoms with Gasteiger partial charge in [0.25, 0.3) is 5.56 Å². The summed E-state index contributed by atoms with van der Waals surface area (Å²) >= 11 is 24.2. The topological polar surface area (TPSA) is 80.3 Å². The summed E-state index contributed by atoms with van der Waals surface area (Å²) in [5, 5.41) is 1.78. The van der Waals surface area contributed by atoms with E-state index in [1.54, 1.807) is 35.9 Å². The van der Waals surface area contributed by atoms with E-state index >= 15 is 0 Å². The van der Waals surface area contributed by atoms with E-state index in [0.717, 1.165) is 15.7 Å². The molecule has 1 atom stereocenters. The highest BCUT2D eigenvalue weighted by Gasteiger charge is 2.18. The van der Waals surface area contributed by atoms with Crippen molar-refractivity contribution in [1.82, 2.24) is 18.7 Å². The van der Waals surface area contributed by atoms with Crippen molar-refractivity contribution in [3.05, 3.63) is 94.8 Å². The second-order valence-electron chi connectivity index (χ2n) is 8.22. The number of rotatable bonds is 9. The number of fused-ring (bicyclic) bond motifs is 1. The first-order chi connectivity index (χ1) is 17.2. The van der Waals surface area contributed by atoms with Crippen molar-refractivity contribution in [2.24, 2.45) is 14.1 Å². The molecule has 0 saturated carbocycles. The van der Waals surface area contributed by atoms with Crippen LogP contribution in [0.4, 0.5) is 0 Å². The van der Waals surface area contributed by atoms with E-state index in [-0.39, 0.29) is 26.4 Å². The Kier molecular flexibility index (Phi) is 8.44. The SMILES string of the molecule is Cn1c(=O)c2c(ncn2CC(COCc2ccc(Cl)c(Cl)c2)OCc2ccc(Cl)c(Cl)c2)n(C)c1=O. The Morgan fingerprint density at radius 2 is 1.47 bits per heavy atom. The lowest BCUT2D eigenvalue weighted by molar-refractivity contribution is -0.0368. The number of imidazole rings is 1. The maximum absolute atomic E-state index is 12.8. The van der Waals surface area contributed by atoms with Crippen molar-refractivity contribution in [3.8, 4) is 0 Å². The Morgan fingerprint density at radius 3 is 2.08 bits per heavy atom. The first kappa shape index (κ1) is 26.7. The van der Waals surface area contributed by atoms with E-state index in [9.17, 15) is 9.59 Å². The van der Waals surface area contributed by atoms with E-state index in [1.807, 2.05) is 12.1 Å². The molecule has 2 aromatic heterocycles. The fraction of sp³-hybridized carbons (Fsp3) is 0.292. The summed E-state index contributed by atoms with van der Waals surface area (Å²) in [5.41, 5.74) is 1.38. The number of aryl methyl sites for hydroxylation is 1. The zero-order valence-electron chi connectivity index (χ0n) is 19.4. The average Bonchev–Trinajstić information content (AvgIpc) is 3.27. The van der Waals surface area contributed by atoms with Crippen LogP contribution in [0.2, 0.25) is 20.1 Å². The number of halogens is 4. The van der Waals surface area contributed by atoms with Gasteiger partial charge in [-0.2, -0.15) is 0 Å². The van der Waals surface area contributed by atoms with Crippen LogP contribution >= 0.6 is 46.4 Å². The van der Waals surface area contributed by atoms with Crippen LogP contribution in [-0.2, 0) is 43.3 Å². The van der Waals surface area contributed by atoms with Gasteiger partial charge >= 0.3 is 5.69 Å². The first-order valence-corrected chi connectivity index (χ1v) is 12.3. The van der Waals surface area contributed by atoms with Gasteiger partial charge in [0.05, 0.1) is 58.9 Å². The van der Waals surface area contributed by atoms with Crippen LogP contribution < -0.4 is 11.2 Å². The van der Waals surface area contributed by atoms with Crippen LogP contribution in [0.25, 0.3) is 11.2 Å². The summed E-state index contributed by atoms with van der Waals surface area (Å²) in [6, 6.07) is 10.5. The molecule has 190 valence electrons. The molecule has 8 nitrogen and oxygen atoms in total. The lowest BCUT2D eigenvalue weighted by Crippen LogP contribution is -2.38. The minimum atomic E-state index is -0.471. The van der Waals surface area contributed by atoms with Gasteiger partial charge in [-0.25, -0.2) is 9.78 Å². The fourth-order valence-corrected chi connectivity index (χ4v) is 4.33. The monoisotopic (exact) mass is 570 g/mol. The minimum absolute atomic E-state index is 0.202. The maximum Gasteiger partial charge on any atom is 0.332 e. The number of nitrogens with zero attached hydrogens (tertiary/aromatic N) is 4. The molecule has 0 spiro atoms. The van der Waals surface area contributed by atoms with E-state index in [2.05, 4.69) is 4.98 Å². The first-order valence-electron chi connectivity index (χ1n) is 10.8. The minimum Gasteiger partial charge on any atom is -0.374 e. The van der Waals surface area contributed by atoms with Crippen LogP contribution in [0.15, 0.2) is 52.3 Å². The lowest BCUT2D eigenvalue weighted by atomic mass is 10.2. The number of hydrogen-bond acceptors (Lipinski definition) is 5. The van der Waals surface area contributed by atoms with E-state index in [4.69, 9.17) is 55.9 Å². The quantitative estimate of drug-likeness (QED) is 0.287. The van der Waals surface area contributed by atoms with Gasteiger partial charge in [-0.15, -0.1) is 0 Å². The molecule has 4 aromatic rings. The summed E-state index contributed by atoms with van der Waals surface area (Å²) in [7, 11) is 3.00. The lowest BCUT2D eigenvalue weighted by Gasteiger charge is -2.19. The van der Waals surface area contributed by atoms with Gasteiger partial charge in [0, 0.05) is 14.1 Å². The molecule has 0 radical (unpaired) electrons. The summed E-state index contributed by atoms with van der Waals surface area (Å²) < 4.78 is 16.1. The third-order valence-electron chi connectivity index (χ3n) is 5.64. The Morgan fingerprint density at radius 1 is 0.861 bits per heavy atom. The summed E-state index contributed by atoms with van der Waals surface area (Å²) in [6.45, 7) is 0.977. The zero-order chi connectivity index (χ0) is 26.0. The molecule has 1 unspecified atom stereocenters. The highest BCUT2D eigenvalue weighted by Crippen LogP contribution is 2.24. The highest BCUT2D eigenvalue weighted by atomic mass is 35.5. The molecule has 4 rings (SSSR count). The average molecular weight is 572 g/mol. The summed E-state index contributed by atoms with van der Waals surface area (Å²) in [5.74, 6) is 0. The van der Waals surface area contributed by atoms with Gasteiger partial charge in [-0.05, 0) is 35.4 Å². The Balaban J connectivity index is 1.56. The van der Waals surface area contributed by atoms with Crippen LogP contribution in [0.1, 0.15) is 11.1 Å². The standard InChI is InChI=1S/C24H22Cl4N4O4/c1-30-22-21(23(33)31(2)24(30)34)32(13-29-22)9-16(36-11-15-4-6-18(26)20(28)8-15)12-35-10-14-3-5-17(25)19(27)7-14/h3-8,13,16H,9-12H2,1-2H3. The molecule has 0 aliphatic carbocycles. The number of ether oxygens (including phenoxy) is 2. The molecular formula is C24H22Cl4N4O4. The summed E-state index contributed by atoms with van der Waals surface area (Å²) in [4.78, 5) is 29.4. The van der Waals surface area contributed by atoms with E-state index in [0.29, 0.717) is 31.3 Å². The predicted molar refractivity (Wildman–Crippen MR) is 141 cm³/mol. The largest absolute Gasteiger partial charge is 0.374 e. The van der Waals surface area contributed by atoms with Gasteiger partial charge in [0.2, 0.25) is 0 Å². The number of benzene rings is 2.